The van der Waals surface area contributed by atoms with E-state index in [4.69, 9.17) is 5.11 Å². The first-order valence-corrected chi connectivity index (χ1v) is 8.01. The van der Waals surface area contributed by atoms with Crippen molar-refractivity contribution in [3.8, 4) is 0 Å². The molecule has 0 saturated heterocycles. The molecule has 0 bridgehead atoms. The number of nitrogens with one attached hydrogen (secondary N) is 1. The molecule has 1 heterocycles. The second kappa shape index (κ2) is 7.22. The number of thiophene rings is 1. The van der Waals surface area contributed by atoms with Crippen LogP contribution in [0.15, 0.2) is 41.8 Å². The van der Waals surface area contributed by atoms with E-state index in [1.165, 1.54) is 16.9 Å². The summed E-state index contributed by atoms with van der Waals surface area (Å²) in [5.41, 5.74) is 1.99. The van der Waals surface area contributed by atoms with Crippen molar-refractivity contribution in [1.29, 1.82) is 0 Å². The van der Waals surface area contributed by atoms with Crippen LogP contribution < -0.4 is 5.32 Å². The highest BCUT2D eigenvalue weighted by Crippen LogP contribution is 2.22. The molecular formula is C17H19NO3S. The quantitative estimate of drug-likeness (QED) is 0.851. The average Bonchev–Trinajstić information content (AvgIpc) is 3.00. The zero-order valence-electron chi connectivity index (χ0n) is 12.6. The summed E-state index contributed by atoms with van der Waals surface area (Å²) in [6.07, 6.45) is -0.141. The van der Waals surface area contributed by atoms with Crippen molar-refractivity contribution >= 4 is 23.2 Å². The monoisotopic (exact) mass is 317 g/mol. The molecule has 0 unspecified atom stereocenters. The van der Waals surface area contributed by atoms with Crippen molar-refractivity contribution < 1.29 is 14.7 Å². The average molecular weight is 317 g/mol. The van der Waals surface area contributed by atoms with Gasteiger partial charge in [0, 0.05) is 0 Å². The van der Waals surface area contributed by atoms with Crippen LogP contribution in [0.2, 0.25) is 0 Å². The number of rotatable bonds is 6. The van der Waals surface area contributed by atoms with Gasteiger partial charge in [-0.1, -0.05) is 44.2 Å². The summed E-state index contributed by atoms with van der Waals surface area (Å²) in [6, 6.07) is 10.7. The smallest absolute Gasteiger partial charge is 0.305 e. The zero-order chi connectivity index (χ0) is 16.1. The number of hydrogen-bond donors (Lipinski definition) is 2. The molecule has 0 saturated carbocycles. The minimum Gasteiger partial charge on any atom is -0.481 e. The first kappa shape index (κ1) is 16.2. The fraction of sp³-hybridized carbons (Fsp3) is 0.294. The maximum Gasteiger partial charge on any atom is 0.305 e. The maximum absolute atomic E-state index is 12.2. The highest BCUT2D eigenvalue weighted by Gasteiger charge is 2.19. The molecule has 1 aromatic heterocycles. The molecule has 4 nitrogen and oxygen atoms in total. The number of aliphatic carboxylic acids is 1. The van der Waals surface area contributed by atoms with Crippen LogP contribution in [0.1, 0.15) is 53.0 Å². The van der Waals surface area contributed by atoms with E-state index >= 15 is 0 Å². The van der Waals surface area contributed by atoms with Gasteiger partial charge in [0.15, 0.2) is 0 Å². The van der Waals surface area contributed by atoms with Gasteiger partial charge in [-0.3, -0.25) is 9.59 Å². The van der Waals surface area contributed by atoms with Gasteiger partial charge in [-0.2, -0.15) is 0 Å². The molecule has 0 spiro atoms. The summed E-state index contributed by atoms with van der Waals surface area (Å²) < 4.78 is 0. The van der Waals surface area contributed by atoms with E-state index in [0.29, 0.717) is 10.8 Å². The number of carboxylic acids is 1. The Labute approximate surface area is 133 Å². The number of hydrogen-bond acceptors (Lipinski definition) is 3. The van der Waals surface area contributed by atoms with Crippen molar-refractivity contribution in [3.63, 3.8) is 0 Å². The lowest BCUT2D eigenvalue weighted by Crippen LogP contribution is -2.29. The van der Waals surface area contributed by atoms with E-state index in [2.05, 4.69) is 19.2 Å². The van der Waals surface area contributed by atoms with E-state index in [-0.39, 0.29) is 12.3 Å². The van der Waals surface area contributed by atoms with E-state index < -0.39 is 12.0 Å². The summed E-state index contributed by atoms with van der Waals surface area (Å²) in [4.78, 5) is 23.8. The molecule has 1 aromatic carbocycles. The molecule has 0 aliphatic carbocycles. The van der Waals surface area contributed by atoms with E-state index in [9.17, 15) is 9.59 Å². The number of carbonyl (C=O) groups excluding carboxylic acids is 1. The lowest BCUT2D eigenvalue weighted by molar-refractivity contribution is -0.137. The number of benzene rings is 1. The van der Waals surface area contributed by atoms with Crippen LogP contribution in [-0.4, -0.2) is 17.0 Å². The van der Waals surface area contributed by atoms with Gasteiger partial charge in [0.25, 0.3) is 5.91 Å². The Hall–Kier alpha value is -2.14. The Morgan fingerprint density at radius 1 is 1.14 bits per heavy atom. The molecule has 5 heteroatoms. The van der Waals surface area contributed by atoms with Gasteiger partial charge >= 0.3 is 5.97 Å². The van der Waals surface area contributed by atoms with Gasteiger partial charge in [-0.15, -0.1) is 11.3 Å². The molecule has 1 amide bonds. The topological polar surface area (TPSA) is 66.4 Å². The lowest BCUT2D eigenvalue weighted by Gasteiger charge is -2.18. The highest BCUT2D eigenvalue weighted by molar-refractivity contribution is 7.12. The van der Waals surface area contributed by atoms with Crippen LogP contribution in [0.5, 0.6) is 0 Å². The number of carbonyl (C=O) groups is 2. The van der Waals surface area contributed by atoms with Crippen LogP contribution in [0, 0.1) is 0 Å². The van der Waals surface area contributed by atoms with E-state index in [0.717, 1.165) is 5.56 Å². The third-order valence-corrected chi connectivity index (χ3v) is 4.30. The highest BCUT2D eigenvalue weighted by atomic mass is 32.1. The van der Waals surface area contributed by atoms with Gasteiger partial charge < -0.3 is 10.4 Å². The molecule has 0 aliphatic rings. The summed E-state index contributed by atoms with van der Waals surface area (Å²) in [5.74, 6) is -0.772. The van der Waals surface area contributed by atoms with Crippen LogP contribution in [0.25, 0.3) is 0 Å². The summed E-state index contributed by atoms with van der Waals surface area (Å²) in [7, 11) is 0. The fourth-order valence-corrected chi connectivity index (χ4v) is 2.80. The minimum absolute atomic E-state index is 0.141. The summed E-state index contributed by atoms with van der Waals surface area (Å²) in [6.45, 7) is 4.20. The number of amides is 1. The minimum atomic E-state index is -0.940. The first-order chi connectivity index (χ1) is 10.5. The first-order valence-electron chi connectivity index (χ1n) is 7.13. The van der Waals surface area contributed by atoms with Crippen molar-refractivity contribution in [2.45, 2.75) is 32.2 Å². The van der Waals surface area contributed by atoms with Crippen molar-refractivity contribution in [2.24, 2.45) is 0 Å². The van der Waals surface area contributed by atoms with E-state index in [1.807, 2.05) is 29.6 Å². The Bertz CT molecular complexity index is 632. The molecule has 1 atom stereocenters. The molecule has 2 rings (SSSR count). The molecule has 2 aromatic rings. The number of carboxylic acid groups (broad SMARTS) is 1. The molecule has 22 heavy (non-hydrogen) atoms. The van der Waals surface area contributed by atoms with Gasteiger partial charge in [0.05, 0.1) is 17.3 Å². The summed E-state index contributed by atoms with van der Waals surface area (Å²) in [5, 5.41) is 13.7. The Morgan fingerprint density at radius 3 is 2.27 bits per heavy atom. The predicted molar refractivity (Wildman–Crippen MR) is 87.3 cm³/mol. The third-order valence-electron chi connectivity index (χ3n) is 3.43. The molecule has 0 aliphatic heterocycles. The Balaban J connectivity index is 2.18. The van der Waals surface area contributed by atoms with E-state index in [1.54, 1.807) is 12.1 Å². The van der Waals surface area contributed by atoms with Crippen LogP contribution >= 0.6 is 11.3 Å². The fourth-order valence-electron chi connectivity index (χ4n) is 2.18. The molecule has 116 valence electrons. The maximum atomic E-state index is 12.2. The SMILES string of the molecule is CC(C)c1ccc([C@@H](CC(=O)O)NC(=O)c2cccs2)cc1. The van der Waals surface area contributed by atoms with Gasteiger partial charge in [-0.25, -0.2) is 0 Å². The molecule has 0 radical (unpaired) electrons. The van der Waals surface area contributed by atoms with Crippen LogP contribution in [-0.2, 0) is 4.79 Å². The van der Waals surface area contributed by atoms with Crippen LogP contribution in [0.4, 0.5) is 0 Å². The largest absolute Gasteiger partial charge is 0.481 e. The lowest BCUT2D eigenvalue weighted by atomic mass is 9.97. The van der Waals surface area contributed by atoms with Gasteiger partial charge in [-0.05, 0) is 28.5 Å². The zero-order valence-corrected chi connectivity index (χ0v) is 13.4. The Kier molecular flexibility index (Phi) is 5.33. The van der Waals surface area contributed by atoms with Crippen molar-refractivity contribution in [1.82, 2.24) is 5.32 Å². The van der Waals surface area contributed by atoms with Gasteiger partial charge in [0.2, 0.25) is 0 Å². The molecule has 0 fully saturated rings. The van der Waals surface area contributed by atoms with Crippen molar-refractivity contribution in [3.05, 3.63) is 57.8 Å². The standard InChI is InChI=1S/C17H19NO3S/c1-11(2)12-5-7-13(8-6-12)14(10-16(19)20)18-17(21)15-4-3-9-22-15/h3-9,11,14H,10H2,1-2H3,(H,18,21)(H,19,20)/t14-/m1/s1. The van der Waals surface area contributed by atoms with Crippen molar-refractivity contribution in [2.75, 3.05) is 0 Å². The molecular weight excluding hydrogens is 298 g/mol. The van der Waals surface area contributed by atoms with Crippen LogP contribution in [0.3, 0.4) is 0 Å². The second-order valence-electron chi connectivity index (χ2n) is 5.42. The third kappa shape index (κ3) is 4.18. The predicted octanol–water partition coefficient (Wildman–Crippen LogP) is 3.82. The second-order valence-corrected chi connectivity index (χ2v) is 6.37. The Morgan fingerprint density at radius 2 is 1.77 bits per heavy atom. The normalized spacial score (nSPS) is 12.1. The van der Waals surface area contributed by atoms with Gasteiger partial charge in [0.1, 0.15) is 0 Å². The summed E-state index contributed by atoms with van der Waals surface area (Å²) >= 11 is 1.33. The molecule has 2 N–H and O–H groups in total.